The van der Waals surface area contributed by atoms with Gasteiger partial charge in [0.1, 0.15) is 0 Å². The number of nitrogens with one attached hydrogen (secondary N) is 1. The summed E-state index contributed by atoms with van der Waals surface area (Å²) in [6.45, 7) is 3.10. The van der Waals surface area contributed by atoms with Gasteiger partial charge in [0.2, 0.25) is 0 Å². The number of fused-ring (bicyclic) bond motifs is 1. The maximum absolute atomic E-state index is 4.48. The maximum Gasteiger partial charge on any atom is 0.0759 e. The van der Waals surface area contributed by atoms with E-state index in [2.05, 4.69) is 46.5 Å². The van der Waals surface area contributed by atoms with Gasteiger partial charge in [-0.15, -0.1) is 0 Å². The van der Waals surface area contributed by atoms with Crippen LogP contribution in [0.2, 0.25) is 0 Å². The standard InChI is InChI=1S/C16H19N3/c1-2-18-16(15-11-17-7-8-19-15)14-9-12-5-3-4-6-13(12)10-14/h3-8,11,14,16,18H,2,9-10H2,1H3. The summed E-state index contributed by atoms with van der Waals surface area (Å²) < 4.78 is 0. The van der Waals surface area contributed by atoms with Crippen LogP contribution in [0.4, 0.5) is 0 Å². The monoisotopic (exact) mass is 253 g/mol. The Morgan fingerprint density at radius 1 is 1.21 bits per heavy atom. The fourth-order valence-corrected chi connectivity index (χ4v) is 3.03. The summed E-state index contributed by atoms with van der Waals surface area (Å²) in [5, 5.41) is 3.57. The smallest absolute Gasteiger partial charge is 0.0759 e. The molecule has 3 nitrogen and oxygen atoms in total. The summed E-state index contributed by atoms with van der Waals surface area (Å²) in [7, 11) is 0. The van der Waals surface area contributed by atoms with Gasteiger partial charge in [0.25, 0.3) is 0 Å². The van der Waals surface area contributed by atoms with Crippen LogP contribution in [0.25, 0.3) is 0 Å². The lowest BCUT2D eigenvalue weighted by Crippen LogP contribution is -2.29. The number of rotatable bonds is 4. The Balaban J connectivity index is 1.84. The highest BCUT2D eigenvalue weighted by Gasteiger charge is 2.29. The van der Waals surface area contributed by atoms with E-state index in [-0.39, 0.29) is 0 Å². The third kappa shape index (κ3) is 2.51. The molecule has 0 radical (unpaired) electrons. The fourth-order valence-electron chi connectivity index (χ4n) is 3.03. The van der Waals surface area contributed by atoms with Crippen molar-refractivity contribution in [1.82, 2.24) is 15.3 Å². The molecule has 19 heavy (non-hydrogen) atoms. The van der Waals surface area contributed by atoms with Gasteiger partial charge in [0.15, 0.2) is 0 Å². The topological polar surface area (TPSA) is 37.8 Å². The zero-order valence-electron chi connectivity index (χ0n) is 11.2. The van der Waals surface area contributed by atoms with Crippen LogP contribution in [0.5, 0.6) is 0 Å². The molecule has 1 heterocycles. The van der Waals surface area contributed by atoms with Crippen LogP contribution in [-0.4, -0.2) is 16.5 Å². The van der Waals surface area contributed by atoms with Crippen LogP contribution in [0.15, 0.2) is 42.9 Å². The average Bonchev–Trinajstić information content (AvgIpc) is 2.89. The molecule has 1 atom stereocenters. The zero-order valence-corrected chi connectivity index (χ0v) is 11.2. The first-order valence-corrected chi connectivity index (χ1v) is 6.94. The molecular formula is C16H19N3. The Bertz CT molecular complexity index is 514. The van der Waals surface area contributed by atoms with Gasteiger partial charge in [-0.25, -0.2) is 0 Å². The predicted molar refractivity (Wildman–Crippen MR) is 75.8 cm³/mol. The van der Waals surface area contributed by atoms with Crippen molar-refractivity contribution in [2.45, 2.75) is 25.8 Å². The number of hydrogen-bond acceptors (Lipinski definition) is 3. The molecule has 1 N–H and O–H groups in total. The second-order valence-corrected chi connectivity index (χ2v) is 5.10. The van der Waals surface area contributed by atoms with Crippen LogP contribution in [0.3, 0.4) is 0 Å². The quantitative estimate of drug-likeness (QED) is 0.910. The average molecular weight is 253 g/mol. The van der Waals surface area contributed by atoms with Crippen LogP contribution in [-0.2, 0) is 12.8 Å². The molecule has 1 aliphatic carbocycles. The van der Waals surface area contributed by atoms with E-state index in [0.717, 1.165) is 25.1 Å². The van der Waals surface area contributed by atoms with Crippen molar-refractivity contribution >= 4 is 0 Å². The Hall–Kier alpha value is -1.74. The van der Waals surface area contributed by atoms with Crippen molar-refractivity contribution < 1.29 is 0 Å². The highest BCUT2D eigenvalue weighted by atomic mass is 15.0. The molecule has 1 aliphatic rings. The van der Waals surface area contributed by atoms with E-state index in [1.54, 1.807) is 12.4 Å². The first kappa shape index (κ1) is 12.3. The lowest BCUT2D eigenvalue weighted by Gasteiger charge is -2.23. The lowest BCUT2D eigenvalue weighted by atomic mass is 9.94. The van der Waals surface area contributed by atoms with E-state index >= 15 is 0 Å². The normalized spacial score (nSPS) is 16.3. The molecule has 0 spiro atoms. The Morgan fingerprint density at radius 2 is 1.95 bits per heavy atom. The van der Waals surface area contributed by atoms with Gasteiger partial charge < -0.3 is 5.32 Å². The molecule has 1 aromatic heterocycles. The molecule has 0 amide bonds. The molecule has 3 heteroatoms. The first-order valence-electron chi connectivity index (χ1n) is 6.94. The lowest BCUT2D eigenvalue weighted by molar-refractivity contribution is 0.372. The maximum atomic E-state index is 4.48. The SMILES string of the molecule is CCNC(c1cnccn1)C1Cc2ccccc2C1. The highest BCUT2D eigenvalue weighted by molar-refractivity contribution is 5.33. The van der Waals surface area contributed by atoms with Gasteiger partial charge in [0.05, 0.1) is 11.7 Å². The molecule has 1 aromatic carbocycles. The molecule has 1 unspecified atom stereocenters. The second-order valence-electron chi connectivity index (χ2n) is 5.10. The van der Waals surface area contributed by atoms with E-state index in [1.807, 2.05) is 6.20 Å². The van der Waals surface area contributed by atoms with Crippen molar-refractivity contribution in [2.75, 3.05) is 6.54 Å². The van der Waals surface area contributed by atoms with Gasteiger partial charge in [-0.3, -0.25) is 9.97 Å². The number of nitrogens with zero attached hydrogens (tertiary/aromatic N) is 2. The minimum atomic E-state index is 0.297. The van der Waals surface area contributed by atoms with Gasteiger partial charge in [-0.2, -0.15) is 0 Å². The summed E-state index contributed by atoms with van der Waals surface area (Å²) in [6, 6.07) is 9.05. The minimum absolute atomic E-state index is 0.297. The van der Waals surface area contributed by atoms with E-state index < -0.39 is 0 Å². The third-order valence-electron chi connectivity index (χ3n) is 3.88. The molecular weight excluding hydrogens is 234 g/mol. The molecule has 0 bridgehead atoms. The van der Waals surface area contributed by atoms with Gasteiger partial charge in [-0.1, -0.05) is 31.2 Å². The van der Waals surface area contributed by atoms with Crippen LogP contribution >= 0.6 is 0 Å². The predicted octanol–water partition coefficient (Wildman–Crippen LogP) is 2.54. The molecule has 98 valence electrons. The van der Waals surface area contributed by atoms with Crippen LogP contribution in [0.1, 0.15) is 29.8 Å². The first-order chi connectivity index (χ1) is 9.38. The molecule has 0 saturated carbocycles. The summed E-state index contributed by atoms with van der Waals surface area (Å²) in [5.74, 6) is 0.578. The van der Waals surface area contributed by atoms with Gasteiger partial charge in [0, 0.05) is 18.6 Å². The molecule has 2 aromatic rings. The van der Waals surface area contributed by atoms with E-state index in [4.69, 9.17) is 0 Å². The van der Waals surface area contributed by atoms with E-state index in [1.165, 1.54) is 11.1 Å². The Kier molecular flexibility index (Phi) is 3.56. The van der Waals surface area contributed by atoms with Gasteiger partial charge in [-0.05, 0) is 36.4 Å². The Morgan fingerprint density at radius 3 is 2.53 bits per heavy atom. The third-order valence-corrected chi connectivity index (χ3v) is 3.88. The molecule has 0 aliphatic heterocycles. The van der Waals surface area contributed by atoms with Crippen LogP contribution in [0, 0.1) is 5.92 Å². The fraction of sp³-hybridized carbons (Fsp3) is 0.375. The van der Waals surface area contributed by atoms with Crippen molar-refractivity contribution in [3.63, 3.8) is 0 Å². The van der Waals surface area contributed by atoms with E-state index in [0.29, 0.717) is 12.0 Å². The van der Waals surface area contributed by atoms with E-state index in [9.17, 15) is 0 Å². The zero-order chi connectivity index (χ0) is 13.1. The molecule has 0 saturated heterocycles. The van der Waals surface area contributed by atoms with Gasteiger partial charge >= 0.3 is 0 Å². The number of benzene rings is 1. The van der Waals surface area contributed by atoms with Crippen molar-refractivity contribution in [3.05, 3.63) is 59.7 Å². The van der Waals surface area contributed by atoms with Crippen molar-refractivity contribution in [1.29, 1.82) is 0 Å². The second kappa shape index (κ2) is 5.49. The highest BCUT2D eigenvalue weighted by Crippen LogP contribution is 2.34. The minimum Gasteiger partial charge on any atom is -0.309 e. The van der Waals surface area contributed by atoms with Crippen molar-refractivity contribution in [2.24, 2.45) is 5.92 Å². The largest absolute Gasteiger partial charge is 0.309 e. The summed E-state index contributed by atoms with van der Waals surface area (Å²) in [5.41, 5.74) is 4.03. The molecule has 0 fully saturated rings. The molecule has 3 rings (SSSR count). The summed E-state index contributed by atoms with van der Waals surface area (Å²) in [4.78, 5) is 8.69. The summed E-state index contributed by atoms with van der Waals surface area (Å²) >= 11 is 0. The number of hydrogen-bond donors (Lipinski definition) is 1. The van der Waals surface area contributed by atoms with Crippen LogP contribution < -0.4 is 5.32 Å². The van der Waals surface area contributed by atoms with Crippen molar-refractivity contribution in [3.8, 4) is 0 Å². The summed E-state index contributed by atoms with van der Waals surface area (Å²) in [6.07, 6.45) is 7.66. The number of aromatic nitrogens is 2. The Labute approximate surface area is 114 Å².